The van der Waals surface area contributed by atoms with Crippen LogP contribution in [0.4, 0.5) is 26.4 Å². The molecule has 2 aromatic rings. The Bertz CT molecular complexity index is 736. The van der Waals surface area contributed by atoms with E-state index in [2.05, 4.69) is 29.9 Å². The molecule has 10 heteroatoms. The van der Waals surface area contributed by atoms with Crippen molar-refractivity contribution in [3.63, 3.8) is 0 Å². The Morgan fingerprint density at radius 2 is 1.77 bits per heavy atom. The van der Waals surface area contributed by atoms with Crippen LogP contribution < -0.4 is 19.7 Å². The molecule has 1 N–H and O–H groups in total. The van der Waals surface area contributed by atoms with Crippen molar-refractivity contribution in [2.24, 2.45) is 0 Å². The van der Waals surface area contributed by atoms with Crippen molar-refractivity contribution in [2.45, 2.75) is 24.8 Å². The van der Waals surface area contributed by atoms with Crippen molar-refractivity contribution in [3.05, 3.63) is 24.3 Å². The number of nitrogens with zero attached hydrogens (tertiary/aromatic N) is 4. The number of rotatable bonds is 6. The molecule has 1 saturated heterocycles. The lowest BCUT2D eigenvalue weighted by atomic mass is 10.1. The summed E-state index contributed by atoms with van der Waals surface area (Å²) in [5, 5.41) is 3.00. The van der Waals surface area contributed by atoms with Crippen molar-refractivity contribution < 1.29 is 18.3 Å². The molecular weight excluding hydrogens is 368 g/mol. The number of hydrogen-bond donors (Lipinski definition) is 1. The van der Waals surface area contributed by atoms with Crippen LogP contribution in [0.25, 0.3) is 0 Å². The average Bonchev–Trinajstić information content (AvgIpc) is 2.62. The number of alkyl halides is 3. The predicted octanol–water partition coefficient (Wildman–Crippen LogP) is 3.78. The minimum absolute atomic E-state index is 0.0576. The topological polar surface area (TPSA) is 72.4 Å². The number of methoxy groups -OCH3 is 1. The average molecular weight is 386 g/mol. The molecular formula is C16H18ClF2N5O2. The zero-order chi connectivity index (χ0) is 18.6. The summed E-state index contributed by atoms with van der Waals surface area (Å²) < 4.78 is 34.7. The normalized spacial score (nSPS) is 14.8. The zero-order valence-electron chi connectivity index (χ0n) is 14.1. The molecule has 1 fully saturated rings. The highest BCUT2D eigenvalue weighted by Crippen LogP contribution is 2.27. The summed E-state index contributed by atoms with van der Waals surface area (Å²) in [5.74, 6) is 0.785. The van der Waals surface area contributed by atoms with Gasteiger partial charge in [-0.1, -0.05) is 0 Å². The van der Waals surface area contributed by atoms with Crippen LogP contribution in [-0.2, 0) is 0 Å². The van der Waals surface area contributed by atoms with Gasteiger partial charge in [-0.05, 0) is 43.5 Å². The molecule has 3 rings (SSSR count). The first-order chi connectivity index (χ1) is 12.4. The van der Waals surface area contributed by atoms with Crippen LogP contribution in [0.1, 0.15) is 19.3 Å². The second-order valence-electron chi connectivity index (χ2n) is 5.69. The van der Waals surface area contributed by atoms with Gasteiger partial charge in [0.05, 0.1) is 7.11 Å². The molecule has 0 bridgehead atoms. The molecule has 0 spiro atoms. The first-order valence-electron chi connectivity index (χ1n) is 8.11. The van der Waals surface area contributed by atoms with Crippen molar-refractivity contribution in [1.29, 1.82) is 0 Å². The quantitative estimate of drug-likeness (QED) is 0.758. The summed E-state index contributed by atoms with van der Waals surface area (Å²) in [6.07, 6.45) is 3.37. The molecule has 1 aliphatic heterocycles. The van der Waals surface area contributed by atoms with Gasteiger partial charge in [-0.15, -0.1) is 8.78 Å². The van der Waals surface area contributed by atoms with Crippen molar-refractivity contribution >= 4 is 29.2 Å². The lowest BCUT2D eigenvalue weighted by molar-refractivity contribution is -0.0964. The molecule has 0 unspecified atom stereocenters. The van der Waals surface area contributed by atoms with E-state index in [1.54, 1.807) is 12.1 Å². The molecule has 0 radical (unpaired) electrons. The maximum atomic E-state index is 12.6. The third-order valence-electron chi connectivity index (χ3n) is 3.77. The summed E-state index contributed by atoms with van der Waals surface area (Å²) >= 11 is 4.75. The van der Waals surface area contributed by atoms with E-state index in [9.17, 15) is 8.78 Å². The van der Waals surface area contributed by atoms with Gasteiger partial charge in [-0.2, -0.15) is 15.0 Å². The minimum Gasteiger partial charge on any atom is -0.467 e. The number of benzene rings is 1. The van der Waals surface area contributed by atoms with Gasteiger partial charge in [0, 0.05) is 30.4 Å². The molecule has 1 aromatic heterocycles. The second kappa shape index (κ2) is 7.86. The maximum absolute atomic E-state index is 12.6. The van der Waals surface area contributed by atoms with Crippen LogP contribution >= 0.6 is 11.6 Å². The molecule has 7 nitrogen and oxygen atoms in total. The Kier molecular flexibility index (Phi) is 5.55. The number of hydrogen-bond acceptors (Lipinski definition) is 7. The first kappa shape index (κ1) is 18.4. The number of aromatic nitrogens is 3. The second-order valence-corrected chi connectivity index (χ2v) is 6.13. The lowest BCUT2D eigenvalue weighted by Crippen LogP contribution is -2.31. The van der Waals surface area contributed by atoms with Gasteiger partial charge >= 0.3 is 11.6 Å². The van der Waals surface area contributed by atoms with E-state index < -0.39 is 5.57 Å². The van der Waals surface area contributed by atoms with Crippen molar-refractivity contribution in [2.75, 3.05) is 30.4 Å². The zero-order valence-corrected chi connectivity index (χ0v) is 14.8. The molecule has 0 saturated carbocycles. The highest BCUT2D eigenvalue weighted by molar-refractivity contribution is 6.20. The van der Waals surface area contributed by atoms with Crippen LogP contribution in [0.3, 0.4) is 0 Å². The molecule has 1 aromatic carbocycles. The van der Waals surface area contributed by atoms with E-state index >= 15 is 0 Å². The summed E-state index contributed by atoms with van der Waals surface area (Å²) in [4.78, 5) is 15.0. The van der Waals surface area contributed by atoms with Gasteiger partial charge in [0.2, 0.25) is 11.9 Å². The Balaban J connectivity index is 1.76. The van der Waals surface area contributed by atoms with Crippen LogP contribution in [0.15, 0.2) is 24.3 Å². The Hall–Kier alpha value is -2.42. The maximum Gasteiger partial charge on any atom is 0.487 e. The molecule has 0 atom stereocenters. The minimum atomic E-state index is -3.75. The predicted molar refractivity (Wildman–Crippen MR) is 93.6 cm³/mol. The molecule has 1 aliphatic rings. The summed E-state index contributed by atoms with van der Waals surface area (Å²) in [7, 11) is 1.48. The van der Waals surface area contributed by atoms with Gasteiger partial charge in [-0.3, -0.25) is 0 Å². The molecule has 0 aliphatic carbocycles. The van der Waals surface area contributed by atoms with Crippen LogP contribution in [-0.4, -0.2) is 40.7 Å². The van der Waals surface area contributed by atoms with Gasteiger partial charge in [0.1, 0.15) is 5.75 Å². The molecule has 140 valence electrons. The molecule has 2 heterocycles. The summed E-state index contributed by atoms with van der Waals surface area (Å²) in [6, 6.07) is 6.03. The molecule has 0 amide bonds. The summed E-state index contributed by atoms with van der Waals surface area (Å²) in [5.41, 5.74) is -3.16. The van der Waals surface area contributed by atoms with E-state index in [-0.39, 0.29) is 11.8 Å². The third kappa shape index (κ3) is 5.04. The smallest absolute Gasteiger partial charge is 0.467 e. The Morgan fingerprint density at radius 1 is 1.08 bits per heavy atom. The van der Waals surface area contributed by atoms with Crippen molar-refractivity contribution in [1.82, 2.24) is 15.0 Å². The van der Waals surface area contributed by atoms with E-state index in [0.717, 1.165) is 25.9 Å². The van der Waals surface area contributed by atoms with E-state index in [1.165, 1.54) is 25.7 Å². The Morgan fingerprint density at radius 3 is 2.38 bits per heavy atom. The van der Waals surface area contributed by atoms with Crippen LogP contribution in [0.5, 0.6) is 11.8 Å². The van der Waals surface area contributed by atoms with Crippen LogP contribution in [0, 0.1) is 0 Å². The van der Waals surface area contributed by atoms with Gasteiger partial charge < -0.3 is 19.7 Å². The number of anilines is 3. The fourth-order valence-corrected chi connectivity index (χ4v) is 2.69. The highest BCUT2D eigenvalue weighted by Gasteiger charge is 2.27. The standard InChI is InChI=1S/C16H18ClF2N5O2/c1-25-15-22-13(21-14(23-15)24-9-3-2-4-10-24)20-11-5-7-12(8-6-11)26-16(17,18)19/h5-8H,2-4,9-10H2,1H3,(H,20,21,22,23). The van der Waals surface area contributed by atoms with Crippen molar-refractivity contribution in [3.8, 4) is 11.8 Å². The fourth-order valence-electron chi connectivity index (χ4n) is 2.60. The number of ether oxygens (including phenoxy) is 2. The Labute approximate surface area is 154 Å². The third-order valence-corrected chi connectivity index (χ3v) is 3.85. The lowest BCUT2D eigenvalue weighted by Gasteiger charge is -2.26. The largest absolute Gasteiger partial charge is 0.487 e. The van der Waals surface area contributed by atoms with E-state index in [0.29, 0.717) is 17.6 Å². The SMILES string of the molecule is COc1nc(Nc2ccc(OC(F)(F)Cl)cc2)nc(N2CCCCC2)n1. The van der Waals surface area contributed by atoms with Gasteiger partial charge in [0.25, 0.3) is 0 Å². The van der Waals surface area contributed by atoms with Gasteiger partial charge in [-0.25, -0.2) is 0 Å². The summed E-state index contributed by atoms with van der Waals surface area (Å²) in [6.45, 7) is 1.76. The monoisotopic (exact) mass is 385 g/mol. The molecule has 26 heavy (non-hydrogen) atoms. The van der Waals surface area contributed by atoms with Gasteiger partial charge in [0.15, 0.2) is 0 Å². The fraction of sp³-hybridized carbons (Fsp3) is 0.438. The first-order valence-corrected chi connectivity index (χ1v) is 8.48. The number of piperidine rings is 1. The van der Waals surface area contributed by atoms with E-state index in [1.807, 2.05) is 0 Å². The van der Waals surface area contributed by atoms with E-state index in [4.69, 9.17) is 16.3 Å². The van der Waals surface area contributed by atoms with Crippen LogP contribution in [0.2, 0.25) is 0 Å². The number of nitrogens with one attached hydrogen (secondary N) is 1. The number of halogens is 3. The highest BCUT2D eigenvalue weighted by atomic mass is 35.5.